The molecule has 0 radical (unpaired) electrons. The minimum Gasteiger partial charge on any atom is -0.496 e. The molecule has 0 fully saturated rings. The molecular formula is C20H23NO2. The number of methoxy groups -OCH3 is 1. The molecule has 0 aliphatic carbocycles. The highest BCUT2D eigenvalue weighted by Crippen LogP contribution is 2.18. The summed E-state index contributed by atoms with van der Waals surface area (Å²) < 4.78 is 5.25. The maximum absolute atomic E-state index is 11.8. The van der Waals surface area contributed by atoms with Gasteiger partial charge in [0.15, 0.2) is 0 Å². The topological polar surface area (TPSA) is 38.3 Å². The van der Waals surface area contributed by atoms with Crippen molar-refractivity contribution in [3.63, 3.8) is 0 Å². The Kier molecular flexibility index (Phi) is 6.42. The zero-order valence-corrected chi connectivity index (χ0v) is 13.7. The van der Waals surface area contributed by atoms with Crippen LogP contribution in [0.4, 0.5) is 0 Å². The van der Waals surface area contributed by atoms with E-state index in [9.17, 15) is 4.79 Å². The molecule has 0 saturated heterocycles. The highest BCUT2D eigenvalue weighted by Gasteiger charge is 1.99. The van der Waals surface area contributed by atoms with Crippen LogP contribution in [0.25, 0.3) is 6.08 Å². The van der Waals surface area contributed by atoms with Crippen LogP contribution < -0.4 is 10.1 Å². The van der Waals surface area contributed by atoms with Crippen LogP contribution in [0.2, 0.25) is 0 Å². The van der Waals surface area contributed by atoms with Crippen LogP contribution in [0, 0.1) is 6.92 Å². The molecule has 3 nitrogen and oxygen atoms in total. The number of ether oxygens (including phenoxy) is 1. The Labute approximate surface area is 138 Å². The van der Waals surface area contributed by atoms with Gasteiger partial charge in [-0.05, 0) is 37.5 Å². The van der Waals surface area contributed by atoms with Crippen molar-refractivity contribution in [2.75, 3.05) is 13.7 Å². The van der Waals surface area contributed by atoms with E-state index in [2.05, 4.69) is 36.5 Å². The van der Waals surface area contributed by atoms with E-state index >= 15 is 0 Å². The van der Waals surface area contributed by atoms with E-state index in [-0.39, 0.29) is 5.91 Å². The normalized spacial score (nSPS) is 10.7. The number of hydrogen-bond donors (Lipinski definition) is 1. The second kappa shape index (κ2) is 8.79. The van der Waals surface area contributed by atoms with Gasteiger partial charge >= 0.3 is 0 Å². The maximum atomic E-state index is 11.8. The smallest absolute Gasteiger partial charge is 0.244 e. The Morgan fingerprint density at radius 2 is 1.87 bits per heavy atom. The molecule has 0 saturated carbocycles. The second-order valence-electron chi connectivity index (χ2n) is 5.46. The van der Waals surface area contributed by atoms with Crippen molar-refractivity contribution < 1.29 is 9.53 Å². The molecule has 3 heteroatoms. The molecule has 120 valence electrons. The summed E-state index contributed by atoms with van der Waals surface area (Å²) >= 11 is 0. The minimum absolute atomic E-state index is 0.0835. The molecule has 0 aliphatic rings. The largest absolute Gasteiger partial charge is 0.496 e. The molecule has 0 spiro atoms. The van der Waals surface area contributed by atoms with Crippen molar-refractivity contribution in [3.8, 4) is 5.75 Å². The molecule has 0 unspecified atom stereocenters. The van der Waals surface area contributed by atoms with Gasteiger partial charge in [-0.25, -0.2) is 0 Å². The fraction of sp³-hybridized carbons (Fsp3) is 0.250. The number of hydrogen-bond acceptors (Lipinski definition) is 2. The fourth-order valence-corrected chi connectivity index (χ4v) is 2.29. The van der Waals surface area contributed by atoms with E-state index in [0.29, 0.717) is 6.54 Å². The van der Waals surface area contributed by atoms with Gasteiger partial charge in [0, 0.05) is 18.2 Å². The third-order valence-corrected chi connectivity index (χ3v) is 3.62. The number of rotatable bonds is 7. The van der Waals surface area contributed by atoms with E-state index in [1.54, 1.807) is 19.3 Å². The van der Waals surface area contributed by atoms with E-state index in [4.69, 9.17) is 4.74 Å². The lowest BCUT2D eigenvalue weighted by Crippen LogP contribution is -2.22. The average Bonchev–Trinajstić information content (AvgIpc) is 2.58. The molecule has 23 heavy (non-hydrogen) atoms. The summed E-state index contributed by atoms with van der Waals surface area (Å²) in [6.45, 7) is 2.75. The Hall–Kier alpha value is -2.55. The van der Waals surface area contributed by atoms with Crippen LogP contribution >= 0.6 is 0 Å². The van der Waals surface area contributed by atoms with Crippen LogP contribution in [0.15, 0.2) is 54.6 Å². The molecule has 2 aromatic rings. The molecule has 1 amide bonds. The van der Waals surface area contributed by atoms with Crippen LogP contribution in [0.5, 0.6) is 5.75 Å². The van der Waals surface area contributed by atoms with Gasteiger partial charge in [0.2, 0.25) is 5.91 Å². The van der Waals surface area contributed by atoms with Crippen molar-refractivity contribution >= 4 is 12.0 Å². The Bertz CT molecular complexity index is 660. The van der Waals surface area contributed by atoms with Crippen LogP contribution in [0.3, 0.4) is 0 Å². The summed E-state index contributed by atoms with van der Waals surface area (Å²) in [5.74, 6) is 0.677. The predicted molar refractivity (Wildman–Crippen MR) is 94.5 cm³/mol. The van der Waals surface area contributed by atoms with Crippen LogP contribution in [-0.2, 0) is 11.2 Å². The van der Waals surface area contributed by atoms with Gasteiger partial charge in [-0.1, -0.05) is 48.0 Å². The number of para-hydroxylation sites is 1. The average molecular weight is 309 g/mol. The number of benzene rings is 2. The lowest BCUT2D eigenvalue weighted by Gasteiger charge is -2.05. The maximum Gasteiger partial charge on any atom is 0.244 e. The third kappa shape index (κ3) is 5.62. The third-order valence-electron chi connectivity index (χ3n) is 3.62. The summed E-state index contributed by atoms with van der Waals surface area (Å²) in [6, 6.07) is 16.1. The van der Waals surface area contributed by atoms with Crippen molar-refractivity contribution in [1.29, 1.82) is 0 Å². The number of carbonyl (C=O) groups excluding carboxylic acids is 1. The molecule has 2 aromatic carbocycles. The molecule has 0 bridgehead atoms. The summed E-state index contributed by atoms with van der Waals surface area (Å²) in [4.78, 5) is 11.8. The Balaban J connectivity index is 1.74. The van der Waals surface area contributed by atoms with Crippen molar-refractivity contribution in [2.45, 2.75) is 19.8 Å². The zero-order valence-electron chi connectivity index (χ0n) is 13.7. The standard InChI is InChI=1S/C20H23NO2/c1-16-9-11-17(12-10-16)6-5-15-21-20(22)14-13-18-7-3-4-8-19(18)23-2/h3-4,7-14H,5-6,15H2,1-2H3,(H,21,22)/b14-13+. The van der Waals surface area contributed by atoms with Crippen molar-refractivity contribution in [1.82, 2.24) is 5.32 Å². The first-order valence-electron chi connectivity index (χ1n) is 7.83. The van der Waals surface area contributed by atoms with Gasteiger partial charge in [-0.3, -0.25) is 4.79 Å². The monoisotopic (exact) mass is 309 g/mol. The lowest BCUT2D eigenvalue weighted by molar-refractivity contribution is -0.116. The highest BCUT2D eigenvalue weighted by atomic mass is 16.5. The van der Waals surface area contributed by atoms with Gasteiger partial charge in [0.25, 0.3) is 0 Å². The minimum atomic E-state index is -0.0835. The molecule has 0 atom stereocenters. The summed E-state index contributed by atoms with van der Waals surface area (Å²) in [6.07, 6.45) is 5.21. The first-order valence-corrected chi connectivity index (χ1v) is 7.83. The van der Waals surface area contributed by atoms with E-state index in [1.807, 2.05) is 24.3 Å². The summed E-state index contributed by atoms with van der Waals surface area (Å²) in [5.41, 5.74) is 3.46. The van der Waals surface area contributed by atoms with Gasteiger partial charge in [0.05, 0.1) is 7.11 Å². The SMILES string of the molecule is COc1ccccc1/C=C/C(=O)NCCCc1ccc(C)cc1. The van der Waals surface area contributed by atoms with Gasteiger partial charge in [-0.15, -0.1) is 0 Å². The van der Waals surface area contributed by atoms with E-state index in [1.165, 1.54) is 11.1 Å². The quantitative estimate of drug-likeness (QED) is 0.624. The molecule has 0 aliphatic heterocycles. The first kappa shape index (κ1) is 16.8. The van der Waals surface area contributed by atoms with Gasteiger partial charge in [0.1, 0.15) is 5.75 Å². The number of aryl methyl sites for hydroxylation is 2. The zero-order chi connectivity index (χ0) is 16.5. The van der Waals surface area contributed by atoms with Crippen LogP contribution in [0.1, 0.15) is 23.1 Å². The van der Waals surface area contributed by atoms with E-state index < -0.39 is 0 Å². The molecule has 2 rings (SSSR count). The number of nitrogens with one attached hydrogen (secondary N) is 1. The first-order chi connectivity index (χ1) is 11.2. The Morgan fingerprint density at radius 3 is 2.61 bits per heavy atom. The second-order valence-corrected chi connectivity index (χ2v) is 5.46. The molecule has 0 heterocycles. The highest BCUT2D eigenvalue weighted by molar-refractivity contribution is 5.92. The molecular weight excluding hydrogens is 286 g/mol. The molecule has 1 N–H and O–H groups in total. The number of carbonyl (C=O) groups is 1. The van der Waals surface area contributed by atoms with E-state index in [0.717, 1.165) is 24.2 Å². The lowest BCUT2D eigenvalue weighted by atomic mass is 10.1. The van der Waals surface area contributed by atoms with Gasteiger partial charge in [-0.2, -0.15) is 0 Å². The summed E-state index contributed by atoms with van der Waals surface area (Å²) in [7, 11) is 1.62. The van der Waals surface area contributed by atoms with Gasteiger partial charge < -0.3 is 10.1 Å². The van der Waals surface area contributed by atoms with Crippen molar-refractivity contribution in [2.24, 2.45) is 0 Å². The fourth-order valence-electron chi connectivity index (χ4n) is 2.29. The predicted octanol–water partition coefficient (Wildman–Crippen LogP) is 3.77. The number of amides is 1. The van der Waals surface area contributed by atoms with Crippen molar-refractivity contribution in [3.05, 3.63) is 71.3 Å². The van der Waals surface area contributed by atoms with Crippen LogP contribution in [-0.4, -0.2) is 19.6 Å². The summed E-state index contributed by atoms with van der Waals surface area (Å²) in [5, 5.41) is 2.91. The Morgan fingerprint density at radius 1 is 1.13 bits per heavy atom. The molecule has 0 aromatic heterocycles.